The highest BCUT2D eigenvalue weighted by Crippen LogP contribution is 2.35. The van der Waals surface area contributed by atoms with Crippen molar-refractivity contribution in [3.05, 3.63) is 197 Å². The number of anilines is 2. The number of carboxylic acid groups (broad SMARTS) is 1. The molecule has 4 aromatic rings. The number of thiocarbonyl (C=S) groups is 2. The predicted octanol–water partition coefficient (Wildman–Crippen LogP) is 12.2. The van der Waals surface area contributed by atoms with Crippen LogP contribution in [0.25, 0.3) is 0 Å². The van der Waals surface area contributed by atoms with E-state index in [9.17, 15) is 24.3 Å². The van der Waals surface area contributed by atoms with Crippen molar-refractivity contribution >= 4 is 116 Å². The van der Waals surface area contributed by atoms with Gasteiger partial charge in [-0.25, -0.2) is 9.59 Å². The lowest BCUT2D eigenvalue weighted by atomic mass is 9.99. The minimum atomic E-state index is -1.00. The molecule has 0 radical (unpaired) electrons. The average molecular weight is 1070 g/mol. The van der Waals surface area contributed by atoms with Gasteiger partial charge < -0.3 is 31.1 Å². The number of halogens is 4. The number of carboxylic acids is 1. The van der Waals surface area contributed by atoms with E-state index in [4.69, 9.17) is 75.6 Å². The number of aliphatic carboxylic acids is 1. The third-order valence-corrected chi connectivity index (χ3v) is 13.4. The Morgan fingerprint density at radius 3 is 1.37 bits per heavy atom. The summed E-state index contributed by atoms with van der Waals surface area (Å²) in [5, 5.41) is 22.8. The minimum Gasteiger partial charge on any atom is -0.480 e. The average Bonchev–Trinajstić information content (AvgIpc) is 3.31. The number of rotatable bonds is 16. The van der Waals surface area contributed by atoms with E-state index < -0.39 is 35.8 Å². The van der Waals surface area contributed by atoms with Crippen LogP contribution in [0.3, 0.4) is 0 Å². The summed E-state index contributed by atoms with van der Waals surface area (Å²) in [7, 11) is 1.35. The summed E-state index contributed by atoms with van der Waals surface area (Å²) in [5.41, 5.74) is 10.7. The topological polar surface area (TPSA) is 146 Å². The van der Waals surface area contributed by atoms with Crippen LogP contribution in [-0.4, -0.2) is 58.0 Å². The van der Waals surface area contributed by atoms with Crippen molar-refractivity contribution < 1.29 is 29.0 Å². The second-order valence-corrected chi connectivity index (χ2v) is 19.3. The van der Waals surface area contributed by atoms with Gasteiger partial charge in [-0.2, -0.15) is 0 Å². The van der Waals surface area contributed by atoms with Crippen molar-refractivity contribution in [3.63, 3.8) is 0 Å². The van der Waals surface area contributed by atoms with E-state index in [2.05, 4.69) is 41.3 Å². The Bertz CT molecular complexity index is 2910. The highest BCUT2D eigenvalue weighted by Gasteiger charge is 2.26. The van der Waals surface area contributed by atoms with E-state index in [1.54, 1.807) is 48.6 Å². The molecule has 2 aliphatic carbocycles. The number of amides is 2. The molecule has 10 nitrogen and oxygen atoms in total. The first-order chi connectivity index (χ1) is 33.7. The molecule has 2 amide bonds. The second kappa shape index (κ2) is 26.0. The van der Waals surface area contributed by atoms with Crippen molar-refractivity contribution in [1.82, 2.24) is 10.6 Å². The van der Waals surface area contributed by atoms with Crippen LogP contribution in [0.5, 0.6) is 0 Å². The van der Waals surface area contributed by atoms with Crippen molar-refractivity contribution in [2.45, 2.75) is 78.3 Å². The van der Waals surface area contributed by atoms with Crippen LogP contribution in [0.15, 0.2) is 153 Å². The summed E-state index contributed by atoms with van der Waals surface area (Å²) in [6.07, 6.45) is 6.19. The third-order valence-electron chi connectivity index (χ3n) is 11.5. The lowest BCUT2D eigenvalue weighted by molar-refractivity contribution is -0.142. The number of esters is 1. The molecule has 370 valence electrons. The highest BCUT2D eigenvalue weighted by atomic mass is 35.5. The molecular formula is C55H54Cl4N4O6S2. The lowest BCUT2D eigenvalue weighted by Crippen LogP contribution is -2.43. The number of aryl methyl sites for hydroxylation is 4. The van der Waals surface area contributed by atoms with Crippen LogP contribution in [0.2, 0.25) is 0 Å². The summed E-state index contributed by atoms with van der Waals surface area (Å²) >= 11 is 36.1. The molecule has 0 aliphatic heterocycles. The van der Waals surface area contributed by atoms with Gasteiger partial charge in [0.1, 0.15) is 22.1 Å². The maximum atomic E-state index is 12.7. The summed E-state index contributed by atoms with van der Waals surface area (Å²) in [6, 6.07) is 24.5. The summed E-state index contributed by atoms with van der Waals surface area (Å²) in [6.45, 7) is 15.7. The number of benzene rings is 4. The van der Waals surface area contributed by atoms with Crippen LogP contribution in [0, 0.1) is 13.8 Å². The van der Waals surface area contributed by atoms with Gasteiger partial charge in [0.25, 0.3) is 11.8 Å². The lowest BCUT2D eigenvalue weighted by Gasteiger charge is -2.21. The first kappa shape index (κ1) is 56.1. The quantitative estimate of drug-likeness (QED) is 0.0543. The molecule has 4 aromatic carbocycles. The van der Waals surface area contributed by atoms with Gasteiger partial charge in [-0.3, -0.25) is 9.59 Å². The molecule has 0 heterocycles. The Labute approximate surface area is 445 Å². The molecule has 0 saturated carbocycles. The molecule has 0 bridgehead atoms. The fraction of sp³-hybridized carbons (Fsp3) is 0.236. The number of allylic oxidation sites excluding steroid dienone is 6. The number of hydrogen-bond acceptors (Lipinski definition) is 7. The zero-order chi connectivity index (χ0) is 52.1. The van der Waals surface area contributed by atoms with E-state index in [1.165, 1.54) is 7.11 Å². The first-order valence-corrected chi connectivity index (χ1v) is 24.9. The van der Waals surface area contributed by atoms with E-state index in [0.717, 1.165) is 68.5 Å². The summed E-state index contributed by atoms with van der Waals surface area (Å²) in [4.78, 5) is 50.8. The van der Waals surface area contributed by atoms with E-state index in [1.807, 2.05) is 69.3 Å². The molecule has 0 aromatic heterocycles. The van der Waals surface area contributed by atoms with Crippen molar-refractivity contribution in [2.75, 3.05) is 17.7 Å². The van der Waals surface area contributed by atoms with Gasteiger partial charge in [-0.15, -0.1) is 0 Å². The summed E-state index contributed by atoms with van der Waals surface area (Å²) in [5.74, 6) is -2.23. The molecule has 16 heteroatoms. The number of carbonyl (C=O) groups is 4. The van der Waals surface area contributed by atoms with Crippen LogP contribution < -0.4 is 21.3 Å². The Morgan fingerprint density at radius 2 is 1.01 bits per heavy atom. The molecule has 2 aliphatic rings. The Hall–Kier alpha value is -5.86. The Balaban J connectivity index is 0.000000264. The molecule has 71 heavy (non-hydrogen) atoms. The number of ether oxygens (including phenoxy) is 1. The van der Waals surface area contributed by atoms with Gasteiger partial charge >= 0.3 is 11.9 Å². The number of methoxy groups -OCH3 is 1. The monoisotopic (exact) mass is 1070 g/mol. The van der Waals surface area contributed by atoms with Crippen LogP contribution >= 0.6 is 70.8 Å². The third kappa shape index (κ3) is 15.1. The molecule has 2 atom stereocenters. The van der Waals surface area contributed by atoms with Crippen molar-refractivity contribution in [2.24, 2.45) is 0 Å². The maximum absolute atomic E-state index is 12.7. The van der Waals surface area contributed by atoms with Gasteiger partial charge in [-0.05, 0) is 108 Å². The van der Waals surface area contributed by atoms with E-state index in [0.29, 0.717) is 50.7 Å². The Kier molecular flexibility index (Phi) is 20.5. The van der Waals surface area contributed by atoms with E-state index >= 15 is 0 Å². The van der Waals surface area contributed by atoms with Gasteiger partial charge in [0.15, 0.2) is 0 Å². The fourth-order valence-corrected chi connectivity index (χ4v) is 10.3. The first-order valence-electron chi connectivity index (χ1n) is 22.5. The minimum absolute atomic E-state index is 0.213. The van der Waals surface area contributed by atoms with Gasteiger partial charge in [0, 0.05) is 58.2 Å². The number of carbonyl (C=O) groups excluding carboxylic acids is 3. The smallest absolute Gasteiger partial charge is 0.328 e. The maximum Gasteiger partial charge on any atom is 0.328 e. The Morgan fingerprint density at radius 1 is 0.634 bits per heavy atom. The zero-order valence-corrected chi connectivity index (χ0v) is 44.5. The predicted molar refractivity (Wildman–Crippen MR) is 297 cm³/mol. The molecule has 0 saturated heterocycles. The zero-order valence-electron chi connectivity index (χ0n) is 39.9. The number of hydrogen-bond donors (Lipinski definition) is 5. The number of nitrogens with one attached hydrogen (secondary N) is 4. The summed E-state index contributed by atoms with van der Waals surface area (Å²) < 4.78 is 5.02. The molecular weight excluding hydrogens is 1020 g/mol. The van der Waals surface area contributed by atoms with Gasteiger partial charge in [-0.1, -0.05) is 159 Å². The largest absolute Gasteiger partial charge is 0.480 e. The van der Waals surface area contributed by atoms with Gasteiger partial charge in [0.05, 0.1) is 28.3 Å². The van der Waals surface area contributed by atoms with Gasteiger partial charge in [0.2, 0.25) is 0 Å². The van der Waals surface area contributed by atoms with Crippen LogP contribution in [0.1, 0.15) is 71.2 Å². The SMILES string of the molecule is C=C1C=C(Cl)C(C(=O)Nc2ccc(CC(NC(=S)c3c(C)cccc3CC)C(=O)O)cc2)=C(Cl)C1.C=C1C=C(Cl)C(C(=O)Nc2ccc(CC(NC(=S)c3c(C)cccc3CC)C(=O)OC)cc2)=C(Cl)C1. The van der Waals surface area contributed by atoms with E-state index in [-0.39, 0.29) is 27.6 Å². The van der Waals surface area contributed by atoms with Crippen molar-refractivity contribution in [1.29, 1.82) is 0 Å². The molecule has 5 N–H and O–H groups in total. The molecule has 0 spiro atoms. The van der Waals surface area contributed by atoms with Crippen molar-refractivity contribution in [3.8, 4) is 0 Å². The molecule has 0 fully saturated rings. The van der Waals surface area contributed by atoms with Crippen LogP contribution in [-0.2, 0) is 49.6 Å². The molecule has 2 unspecified atom stereocenters. The fourth-order valence-electron chi connectivity index (χ4n) is 7.90. The normalized spacial score (nSPS) is 14.2. The standard InChI is InChI=1S/C28H28Cl2N2O3S.C27H26Cl2N2O3S/c1-5-19-8-6-7-17(3)24(19)27(36)32-23(28(34)35-4)15-18-9-11-20(12-10-18)31-26(33)25-21(29)13-16(2)14-22(25)30;1-4-18-7-5-6-16(3)23(18)26(35)31-22(27(33)34)14-17-8-10-19(11-9-17)30-25(32)24-20(28)12-15(2)13-21(24)29/h6-13,23H,2,5,14-15H2,1,3-4H3,(H,31,33)(H,32,36);5-12,22H,2,4,13-14H2,1,3H3,(H,30,32)(H,31,35)(H,33,34). The second-order valence-electron chi connectivity index (χ2n) is 16.8. The highest BCUT2D eigenvalue weighted by molar-refractivity contribution is 7.81. The van der Waals surface area contributed by atoms with Crippen LogP contribution in [0.4, 0.5) is 11.4 Å². The molecule has 6 rings (SSSR count).